The van der Waals surface area contributed by atoms with E-state index in [1.54, 1.807) is 12.1 Å². The number of aromatic nitrogens is 1. The van der Waals surface area contributed by atoms with Crippen LogP contribution in [0.1, 0.15) is 16.7 Å². The molecule has 1 heterocycles. The summed E-state index contributed by atoms with van der Waals surface area (Å²) in [5, 5.41) is 3.24. The topological polar surface area (TPSA) is 42.0 Å². The highest BCUT2D eigenvalue weighted by Crippen LogP contribution is 2.38. The number of para-hydroxylation sites is 2. The first-order valence-electron chi connectivity index (χ1n) is 9.73. The van der Waals surface area contributed by atoms with Gasteiger partial charge in [0, 0.05) is 17.3 Å². The van der Waals surface area contributed by atoms with Crippen LogP contribution in [-0.2, 0) is 17.4 Å². The molecule has 156 valence electrons. The molecule has 1 amide bonds. The molecule has 0 aliphatic heterocycles. The van der Waals surface area contributed by atoms with Crippen LogP contribution in [0.4, 0.5) is 18.9 Å². The third-order valence-electron chi connectivity index (χ3n) is 5.11. The molecule has 0 unspecified atom stereocenters. The molecular formula is C25H19F3N2O. The number of pyridine rings is 1. The second-order valence-electron chi connectivity index (χ2n) is 7.26. The van der Waals surface area contributed by atoms with Crippen LogP contribution in [0.15, 0.2) is 79.0 Å². The average molecular weight is 420 g/mol. The maximum absolute atomic E-state index is 13.5. The Hall–Kier alpha value is -3.67. The molecule has 1 aromatic heterocycles. The lowest BCUT2D eigenvalue weighted by molar-refractivity contribution is -0.136. The summed E-state index contributed by atoms with van der Waals surface area (Å²) in [5.41, 5.74) is 2.57. The van der Waals surface area contributed by atoms with Crippen LogP contribution in [0, 0.1) is 6.92 Å². The fourth-order valence-electron chi connectivity index (χ4n) is 3.65. The van der Waals surface area contributed by atoms with Gasteiger partial charge in [0.15, 0.2) is 0 Å². The molecule has 4 rings (SSSR count). The van der Waals surface area contributed by atoms with Crippen LogP contribution in [0.25, 0.3) is 22.0 Å². The Labute approximate surface area is 177 Å². The number of hydrogen-bond donors (Lipinski definition) is 1. The van der Waals surface area contributed by atoms with Gasteiger partial charge in [-0.1, -0.05) is 60.7 Å². The fourth-order valence-corrected chi connectivity index (χ4v) is 3.65. The first-order valence-corrected chi connectivity index (χ1v) is 9.73. The summed E-state index contributed by atoms with van der Waals surface area (Å²) in [4.78, 5) is 16.9. The minimum atomic E-state index is -4.52. The Balaban J connectivity index is 1.82. The number of fused-ring (bicyclic) bond motifs is 1. The smallest absolute Gasteiger partial charge is 0.326 e. The molecule has 0 radical (unpaired) electrons. The zero-order valence-corrected chi connectivity index (χ0v) is 16.7. The number of amides is 1. The van der Waals surface area contributed by atoms with Crippen molar-refractivity contribution in [1.82, 2.24) is 4.98 Å². The van der Waals surface area contributed by atoms with Crippen molar-refractivity contribution >= 4 is 22.5 Å². The number of carbonyl (C=O) groups excluding carboxylic acids is 1. The summed E-state index contributed by atoms with van der Waals surface area (Å²) < 4.78 is 40.6. The molecule has 0 atom stereocenters. The van der Waals surface area contributed by atoms with E-state index in [0.29, 0.717) is 22.2 Å². The van der Waals surface area contributed by atoms with E-state index in [9.17, 15) is 18.0 Å². The van der Waals surface area contributed by atoms with Gasteiger partial charge in [0.25, 0.3) is 0 Å². The van der Waals surface area contributed by atoms with Gasteiger partial charge in [0.1, 0.15) is 0 Å². The highest BCUT2D eigenvalue weighted by atomic mass is 19.4. The number of benzene rings is 3. The number of halogens is 3. The molecule has 6 heteroatoms. The van der Waals surface area contributed by atoms with Crippen molar-refractivity contribution in [2.45, 2.75) is 19.5 Å². The predicted molar refractivity (Wildman–Crippen MR) is 116 cm³/mol. The van der Waals surface area contributed by atoms with Gasteiger partial charge in [-0.2, -0.15) is 13.2 Å². The summed E-state index contributed by atoms with van der Waals surface area (Å²) >= 11 is 0. The van der Waals surface area contributed by atoms with Gasteiger partial charge >= 0.3 is 6.18 Å². The third-order valence-corrected chi connectivity index (χ3v) is 5.11. The van der Waals surface area contributed by atoms with Crippen LogP contribution >= 0.6 is 0 Å². The Morgan fingerprint density at radius 1 is 0.935 bits per heavy atom. The zero-order chi connectivity index (χ0) is 22.0. The molecule has 0 fully saturated rings. The number of carbonyl (C=O) groups is 1. The molecule has 0 aliphatic rings. The lowest BCUT2D eigenvalue weighted by Gasteiger charge is -2.16. The standard InChI is InChI=1S/C25H19F3N2O/c1-16-8-5-6-13-21(16)30-22(31)14-18-15-29-24-19(11-7-12-20(24)25(26,27)28)23(18)17-9-3-2-4-10-17/h2-13,15H,14H2,1H3,(H,30,31). The predicted octanol–water partition coefficient (Wildman–Crippen LogP) is 6.41. The molecule has 0 bridgehead atoms. The minimum Gasteiger partial charge on any atom is -0.326 e. The zero-order valence-electron chi connectivity index (χ0n) is 16.7. The van der Waals surface area contributed by atoms with Gasteiger partial charge in [-0.25, -0.2) is 0 Å². The molecular weight excluding hydrogens is 401 g/mol. The van der Waals surface area contributed by atoms with Crippen molar-refractivity contribution in [2.24, 2.45) is 0 Å². The van der Waals surface area contributed by atoms with E-state index in [1.165, 1.54) is 12.3 Å². The first-order chi connectivity index (χ1) is 14.8. The third kappa shape index (κ3) is 4.28. The maximum atomic E-state index is 13.5. The van der Waals surface area contributed by atoms with Gasteiger partial charge in [-0.05, 0) is 41.3 Å². The lowest BCUT2D eigenvalue weighted by Crippen LogP contribution is -2.16. The SMILES string of the molecule is Cc1ccccc1NC(=O)Cc1cnc2c(C(F)(F)F)cccc2c1-c1ccccc1. The maximum Gasteiger partial charge on any atom is 0.418 e. The Bertz CT molecular complexity index is 1250. The molecule has 1 N–H and O–H groups in total. The molecule has 0 aliphatic carbocycles. The Morgan fingerprint density at radius 3 is 2.35 bits per heavy atom. The summed E-state index contributed by atoms with van der Waals surface area (Å²) in [6, 6.07) is 20.5. The molecule has 3 nitrogen and oxygen atoms in total. The van der Waals surface area contributed by atoms with E-state index in [2.05, 4.69) is 10.3 Å². The van der Waals surface area contributed by atoms with Gasteiger partial charge < -0.3 is 5.32 Å². The minimum absolute atomic E-state index is 0.0161. The average Bonchev–Trinajstić information content (AvgIpc) is 2.74. The fraction of sp³-hybridized carbons (Fsp3) is 0.120. The largest absolute Gasteiger partial charge is 0.418 e. The number of aryl methyl sites for hydroxylation is 1. The Kier molecular flexibility index (Phi) is 5.46. The molecule has 0 spiro atoms. The molecule has 0 saturated carbocycles. The number of anilines is 1. The lowest BCUT2D eigenvalue weighted by atomic mass is 9.93. The molecule has 4 aromatic rings. The van der Waals surface area contributed by atoms with Gasteiger partial charge in [-0.3, -0.25) is 9.78 Å². The Morgan fingerprint density at radius 2 is 1.65 bits per heavy atom. The number of hydrogen-bond acceptors (Lipinski definition) is 2. The van der Waals surface area contributed by atoms with E-state index in [4.69, 9.17) is 0 Å². The van der Waals surface area contributed by atoms with Crippen molar-refractivity contribution in [2.75, 3.05) is 5.32 Å². The monoisotopic (exact) mass is 420 g/mol. The van der Waals surface area contributed by atoms with Gasteiger partial charge in [-0.15, -0.1) is 0 Å². The summed E-state index contributed by atoms with van der Waals surface area (Å²) in [6.07, 6.45) is -3.17. The second kappa shape index (κ2) is 8.22. The van der Waals surface area contributed by atoms with E-state index in [1.807, 2.05) is 55.5 Å². The van der Waals surface area contributed by atoms with Crippen molar-refractivity contribution in [3.8, 4) is 11.1 Å². The van der Waals surface area contributed by atoms with Gasteiger partial charge in [0.05, 0.1) is 17.5 Å². The van der Waals surface area contributed by atoms with Crippen LogP contribution in [0.3, 0.4) is 0 Å². The van der Waals surface area contributed by atoms with E-state index >= 15 is 0 Å². The van der Waals surface area contributed by atoms with E-state index in [0.717, 1.165) is 17.2 Å². The van der Waals surface area contributed by atoms with E-state index in [-0.39, 0.29) is 17.8 Å². The van der Waals surface area contributed by atoms with E-state index < -0.39 is 11.7 Å². The van der Waals surface area contributed by atoms with Crippen molar-refractivity contribution in [3.05, 3.63) is 95.7 Å². The number of alkyl halides is 3. The highest BCUT2D eigenvalue weighted by molar-refractivity contribution is 6.00. The number of nitrogens with zero attached hydrogens (tertiary/aromatic N) is 1. The van der Waals surface area contributed by atoms with Crippen LogP contribution < -0.4 is 5.32 Å². The second-order valence-corrected chi connectivity index (χ2v) is 7.26. The van der Waals surface area contributed by atoms with Crippen molar-refractivity contribution in [1.29, 1.82) is 0 Å². The number of rotatable bonds is 4. The first kappa shape index (κ1) is 20.6. The molecule has 0 saturated heterocycles. The van der Waals surface area contributed by atoms with Crippen LogP contribution in [0.5, 0.6) is 0 Å². The van der Waals surface area contributed by atoms with Crippen LogP contribution in [0.2, 0.25) is 0 Å². The van der Waals surface area contributed by atoms with Gasteiger partial charge in [0.2, 0.25) is 5.91 Å². The van der Waals surface area contributed by atoms with Crippen molar-refractivity contribution < 1.29 is 18.0 Å². The molecule has 31 heavy (non-hydrogen) atoms. The van der Waals surface area contributed by atoms with Crippen molar-refractivity contribution in [3.63, 3.8) is 0 Å². The highest BCUT2D eigenvalue weighted by Gasteiger charge is 2.33. The summed E-state index contributed by atoms with van der Waals surface area (Å²) in [6.45, 7) is 1.89. The van der Waals surface area contributed by atoms with Crippen LogP contribution in [-0.4, -0.2) is 10.9 Å². The quantitative estimate of drug-likeness (QED) is 0.414. The summed E-state index contributed by atoms with van der Waals surface area (Å²) in [7, 11) is 0. The molecule has 3 aromatic carbocycles. The number of nitrogens with one attached hydrogen (secondary N) is 1. The summed E-state index contributed by atoms with van der Waals surface area (Å²) in [5.74, 6) is -0.264. The normalized spacial score (nSPS) is 11.5.